The summed E-state index contributed by atoms with van der Waals surface area (Å²) in [7, 11) is 0. The van der Waals surface area contributed by atoms with Crippen LogP contribution < -0.4 is 11.2 Å². The van der Waals surface area contributed by atoms with Crippen LogP contribution in [0.15, 0.2) is 70.5 Å². The second-order valence-corrected chi connectivity index (χ2v) is 7.80. The molecule has 6 nitrogen and oxygen atoms in total. The summed E-state index contributed by atoms with van der Waals surface area (Å²) < 4.78 is 18.6. The highest BCUT2D eigenvalue weighted by Crippen LogP contribution is 2.13. The highest BCUT2D eigenvalue weighted by molar-refractivity contribution is 5.70. The third-order valence-electron chi connectivity index (χ3n) is 5.02. The molecular weight excluding hydrogens is 383 g/mol. The summed E-state index contributed by atoms with van der Waals surface area (Å²) in [6.45, 7) is 4.82. The first-order chi connectivity index (χ1) is 14.5. The van der Waals surface area contributed by atoms with Crippen LogP contribution in [0.25, 0.3) is 11.2 Å². The molecule has 0 spiro atoms. The van der Waals surface area contributed by atoms with E-state index >= 15 is 0 Å². The van der Waals surface area contributed by atoms with Gasteiger partial charge in [0.2, 0.25) is 0 Å². The van der Waals surface area contributed by atoms with Crippen molar-refractivity contribution in [1.82, 2.24) is 18.7 Å². The van der Waals surface area contributed by atoms with Crippen molar-refractivity contribution >= 4 is 11.2 Å². The molecule has 30 heavy (non-hydrogen) atoms. The monoisotopic (exact) mass is 406 g/mol. The molecule has 0 unspecified atom stereocenters. The number of halogens is 1. The lowest BCUT2D eigenvalue weighted by atomic mass is 10.2. The second-order valence-electron chi connectivity index (χ2n) is 7.80. The Labute approximate surface area is 172 Å². The fraction of sp³-hybridized carbons (Fsp3) is 0.261. The summed E-state index contributed by atoms with van der Waals surface area (Å²) in [5.41, 5.74) is 0.942. The van der Waals surface area contributed by atoms with Crippen molar-refractivity contribution < 1.29 is 4.39 Å². The molecule has 0 aliphatic rings. The number of hydrogen-bond donors (Lipinski definition) is 0. The zero-order chi connectivity index (χ0) is 21.3. The molecule has 0 atom stereocenters. The largest absolute Gasteiger partial charge is 0.333 e. The molecule has 0 saturated heterocycles. The fourth-order valence-corrected chi connectivity index (χ4v) is 3.62. The van der Waals surface area contributed by atoms with E-state index in [9.17, 15) is 14.0 Å². The zero-order valence-corrected chi connectivity index (χ0v) is 17.0. The predicted octanol–water partition coefficient (Wildman–Crippen LogP) is 3.25. The van der Waals surface area contributed by atoms with E-state index in [4.69, 9.17) is 0 Å². The molecule has 0 aliphatic heterocycles. The van der Waals surface area contributed by atoms with Gasteiger partial charge >= 0.3 is 5.69 Å². The minimum absolute atomic E-state index is 0.137. The Kier molecular flexibility index (Phi) is 5.35. The molecule has 2 aromatic carbocycles. The van der Waals surface area contributed by atoms with E-state index in [-0.39, 0.29) is 24.6 Å². The van der Waals surface area contributed by atoms with Gasteiger partial charge in [0, 0.05) is 12.1 Å². The van der Waals surface area contributed by atoms with Gasteiger partial charge in [-0.05, 0) is 17.5 Å². The molecule has 0 N–H and O–H groups in total. The maximum Gasteiger partial charge on any atom is 0.333 e. The van der Waals surface area contributed by atoms with Crippen LogP contribution in [0.2, 0.25) is 0 Å². The number of imidazole rings is 1. The van der Waals surface area contributed by atoms with Crippen LogP contribution in [0.3, 0.4) is 0 Å². The topological polar surface area (TPSA) is 61.8 Å². The summed E-state index contributed by atoms with van der Waals surface area (Å²) in [5, 5.41) is 0. The summed E-state index contributed by atoms with van der Waals surface area (Å²) in [4.78, 5) is 31.0. The van der Waals surface area contributed by atoms with Crippen molar-refractivity contribution in [1.29, 1.82) is 0 Å². The minimum Gasteiger partial charge on any atom is -0.324 e. The maximum absolute atomic E-state index is 14.2. The third kappa shape index (κ3) is 3.70. The molecule has 4 rings (SSSR count). The molecule has 0 fully saturated rings. The summed E-state index contributed by atoms with van der Waals surface area (Å²) in [6.07, 6.45) is 1.60. The number of hydrogen-bond acceptors (Lipinski definition) is 3. The van der Waals surface area contributed by atoms with E-state index in [1.54, 1.807) is 29.1 Å². The molecular formula is C23H23FN4O2. The number of rotatable bonds is 6. The quantitative estimate of drug-likeness (QED) is 0.494. The van der Waals surface area contributed by atoms with E-state index < -0.39 is 17.1 Å². The summed E-state index contributed by atoms with van der Waals surface area (Å²) in [6, 6.07) is 15.7. The first-order valence-electron chi connectivity index (χ1n) is 9.91. The SMILES string of the molecule is CC(C)Cn1cnc2c1c(=O)n(Cc1ccccc1F)c(=O)n2Cc1ccccc1. The first kappa shape index (κ1) is 19.8. The van der Waals surface area contributed by atoms with Crippen LogP contribution in [-0.2, 0) is 19.6 Å². The Hall–Kier alpha value is -3.48. The Bertz CT molecular complexity index is 1300. The molecule has 4 aromatic rings. The Morgan fingerprint density at radius 1 is 0.933 bits per heavy atom. The van der Waals surface area contributed by atoms with Crippen molar-refractivity contribution in [2.24, 2.45) is 5.92 Å². The maximum atomic E-state index is 14.2. The van der Waals surface area contributed by atoms with Gasteiger partial charge in [-0.15, -0.1) is 0 Å². The Morgan fingerprint density at radius 3 is 2.33 bits per heavy atom. The van der Waals surface area contributed by atoms with Crippen LogP contribution in [0.5, 0.6) is 0 Å². The highest BCUT2D eigenvalue weighted by atomic mass is 19.1. The van der Waals surface area contributed by atoms with Gasteiger partial charge in [-0.3, -0.25) is 13.9 Å². The van der Waals surface area contributed by atoms with Gasteiger partial charge in [0.1, 0.15) is 5.82 Å². The molecule has 2 aromatic heterocycles. The smallest absolute Gasteiger partial charge is 0.324 e. The van der Waals surface area contributed by atoms with Gasteiger partial charge in [0.25, 0.3) is 5.56 Å². The van der Waals surface area contributed by atoms with Gasteiger partial charge < -0.3 is 4.57 Å². The van der Waals surface area contributed by atoms with E-state index in [0.29, 0.717) is 17.7 Å². The molecule has 154 valence electrons. The van der Waals surface area contributed by atoms with Crippen molar-refractivity contribution in [3.05, 3.63) is 98.7 Å². The molecule has 0 bridgehead atoms. The molecule has 0 amide bonds. The van der Waals surface area contributed by atoms with Crippen molar-refractivity contribution in [2.45, 2.75) is 33.5 Å². The standard InChI is InChI=1S/C23H23FN4O2/c1-16(2)12-26-15-25-21-20(26)22(29)28(14-18-10-6-7-11-19(18)24)23(30)27(21)13-17-8-4-3-5-9-17/h3-11,15-16H,12-14H2,1-2H3. The average molecular weight is 406 g/mol. The lowest BCUT2D eigenvalue weighted by molar-refractivity contribution is 0.528. The number of benzene rings is 2. The Morgan fingerprint density at radius 2 is 1.63 bits per heavy atom. The van der Waals surface area contributed by atoms with Crippen molar-refractivity contribution in [3.8, 4) is 0 Å². The summed E-state index contributed by atoms with van der Waals surface area (Å²) in [5.74, 6) is -0.162. The highest BCUT2D eigenvalue weighted by Gasteiger charge is 2.19. The van der Waals surface area contributed by atoms with Crippen molar-refractivity contribution in [2.75, 3.05) is 0 Å². The lowest BCUT2D eigenvalue weighted by Crippen LogP contribution is -2.41. The van der Waals surface area contributed by atoms with Gasteiger partial charge in [0.15, 0.2) is 11.2 Å². The molecule has 2 heterocycles. The summed E-state index contributed by atoms with van der Waals surface area (Å²) >= 11 is 0. The minimum atomic E-state index is -0.505. The average Bonchev–Trinajstić information content (AvgIpc) is 3.13. The number of fused-ring (bicyclic) bond motifs is 1. The van der Waals surface area contributed by atoms with Crippen LogP contribution in [0.1, 0.15) is 25.0 Å². The molecule has 0 radical (unpaired) electrons. The van der Waals surface area contributed by atoms with Crippen LogP contribution in [0.4, 0.5) is 4.39 Å². The van der Waals surface area contributed by atoms with E-state index in [0.717, 1.165) is 10.1 Å². The zero-order valence-electron chi connectivity index (χ0n) is 17.0. The lowest BCUT2D eigenvalue weighted by Gasteiger charge is -2.14. The predicted molar refractivity (Wildman–Crippen MR) is 114 cm³/mol. The third-order valence-corrected chi connectivity index (χ3v) is 5.02. The first-order valence-corrected chi connectivity index (χ1v) is 9.91. The van der Waals surface area contributed by atoms with Gasteiger partial charge in [0.05, 0.1) is 19.4 Å². The number of aromatic nitrogens is 4. The number of nitrogens with zero attached hydrogens (tertiary/aromatic N) is 4. The molecule has 0 saturated carbocycles. The van der Waals surface area contributed by atoms with Gasteiger partial charge in [-0.1, -0.05) is 62.4 Å². The van der Waals surface area contributed by atoms with Crippen LogP contribution in [-0.4, -0.2) is 18.7 Å². The van der Waals surface area contributed by atoms with Crippen molar-refractivity contribution in [3.63, 3.8) is 0 Å². The van der Waals surface area contributed by atoms with Gasteiger partial charge in [-0.2, -0.15) is 0 Å². The van der Waals surface area contributed by atoms with Gasteiger partial charge in [-0.25, -0.2) is 14.2 Å². The van der Waals surface area contributed by atoms with E-state index in [1.165, 1.54) is 10.6 Å². The van der Waals surface area contributed by atoms with E-state index in [1.807, 2.05) is 44.2 Å². The van der Waals surface area contributed by atoms with Crippen LogP contribution >= 0.6 is 0 Å². The fourth-order valence-electron chi connectivity index (χ4n) is 3.62. The normalized spacial score (nSPS) is 11.5. The molecule has 0 aliphatic carbocycles. The molecule has 7 heteroatoms. The second kappa shape index (κ2) is 8.10. The van der Waals surface area contributed by atoms with Crippen LogP contribution in [0, 0.1) is 11.7 Å². The van der Waals surface area contributed by atoms with E-state index in [2.05, 4.69) is 4.98 Å². The Balaban J connectivity index is 1.95.